The van der Waals surface area contributed by atoms with E-state index in [2.05, 4.69) is 5.32 Å². The van der Waals surface area contributed by atoms with Crippen LogP contribution in [0.2, 0.25) is 0 Å². The van der Waals surface area contributed by atoms with Gasteiger partial charge in [-0.15, -0.1) is 0 Å². The van der Waals surface area contributed by atoms with Crippen LogP contribution in [0.15, 0.2) is 24.3 Å². The van der Waals surface area contributed by atoms with Gasteiger partial charge < -0.3 is 10.4 Å². The average Bonchev–Trinajstić information content (AvgIpc) is 2.35. The van der Waals surface area contributed by atoms with E-state index in [1.165, 1.54) is 13.8 Å². The van der Waals surface area contributed by atoms with Crippen molar-refractivity contribution in [3.63, 3.8) is 0 Å². The maximum atomic E-state index is 11.7. The molecule has 0 heterocycles. The van der Waals surface area contributed by atoms with E-state index in [4.69, 9.17) is 10.4 Å². The number of rotatable bonds is 4. The number of carbonyl (C=O) groups is 2. The van der Waals surface area contributed by atoms with Crippen LogP contribution in [0, 0.1) is 16.7 Å². The zero-order chi connectivity index (χ0) is 13.8. The van der Waals surface area contributed by atoms with Gasteiger partial charge in [0.05, 0.1) is 11.6 Å². The van der Waals surface area contributed by atoms with Crippen molar-refractivity contribution in [1.29, 1.82) is 5.26 Å². The monoisotopic (exact) mass is 246 g/mol. The summed E-state index contributed by atoms with van der Waals surface area (Å²) in [6.45, 7) is 2.89. The van der Waals surface area contributed by atoms with Gasteiger partial charge in [-0.25, -0.2) is 0 Å². The molecule has 5 heteroatoms. The molecule has 0 saturated heterocycles. The molecule has 1 amide bonds. The second kappa shape index (κ2) is 5.32. The van der Waals surface area contributed by atoms with E-state index in [1.54, 1.807) is 24.3 Å². The van der Waals surface area contributed by atoms with Gasteiger partial charge in [0.2, 0.25) is 5.91 Å². The number of aliphatic carboxylic acids is 1. The lowest BCUT2D eigenvalue weighted by atomic mass is 9.92. The highest BCUT2D eigenvalue weighted by Gasteiger charge is 2.35. The number of amides is 1. The maximum absolute atomic E-state index is 11.7. The number of carboxylic acid groups (broad SMARTS) is 1. The third-order valence-electron chi connectivity index (χ3n) is 2.61. The van der Waals surface area contributed by atoms with Gasteiger partial charge in [-0.3, -0.25) is 9.59 Å². The Labute approximate surface area is 105 Å². The number of carbonyl (C=O) groups excluding carboxylic acids is 1. The summed E-state index contributed by atoms with van der Waals surface area (Å²) in [7, 11) is 0. The molecule has 0 spiro atoms. The second-order valence-electron chi connectivity index (χ2n) is 4.43. The third kappa shape index (κ3) is 3.08. The van der Waals surface area contributed by atoms with Crippen molar-refractivity contribution >= 4 is 11.9 Å². The number of hydrogen-bond donors (Lipinski definition) is 2. The highest BCUT2D eigenvalue weighted by atomic mass is 16.4. The molecule has 0 unspecified atom stereocenters. The van der Waals surface area contributed by atoms with Crippen LogP contribution in [-0.2, 0) is 16.1 Å². The van der Waals surface area contributed by atoms with Crippen LogP contribution in [0.1, 0.15) is 25.0 Å². The molecule has 94 valence electrons. The lowest BCUT2D eigenvalue weighted by molar-refractivity contribution is -0.153. The van der Waals surface area contributed by atoms with E-state index < -0.39 is 17.3 Å². The average molecular weight is 246 g/mol. The number of nitrogens with one attached hydrogen (secondary N) is 1. The van der Waals surface area contributed by atoms with Gasteiger partial charge >= 0.3 is 5.97 Å². The molecule has 5 nitrogen and oxygen atoms in total. The molecule has 0 aliphatic carbocycles. The van der Waals surface area contributed by atoms with Crippen molar-refractivity contribution in [2.75, 3.05) is 0 Å². The highest BCUT2D eigenvalue weighted by molar-refractivity contribution is 6.00. The largest absolute Gasteiger partial charge is 0.480 e. The van der Waals surface area contributed by atoms with Crippen LogP contribution in [0.5, 0.6) is 0 Å². The summed E-state index contributed by atoms with van der Waals surface area (Å²) in [5, 5.41) is 20.2. The zero-order valence-electron chi connectivity index (χ0n) is 10.2. The van der Waals surface area contributed by atoms with Gasteiger partial charge in [-0.1, -0.05) is 12.1 Å². The van der Waals surface area contributed by atoms with Crippen LogP contribution in [0.25, 0.3) is 0 Å². The minimum absolute atomic E-state index is 0.199. The van der Waals surface area contributed by atoms with Crippen LogP contribution in [0.3, 0.4) is 0 Å². The Morgan fingerprint density at radius 2 is 2.11 bits per heavy atom. The first-order chi connectivity index (χ1) is 8.37. The fraction of sp³-hybridized carbons (Fsp3) is 0.308. The highest BCUT2D eigenvalue weighted by Crippen LogP contribution is 2.15. The quantitative estimate of drug-likeness (QED) is 0.783. The number of carboxylic acids is 1. The zero-order valence-corrected chi connectivity index (χ0v) is 10.2. The van der Waals surface area contributed by atoms with Gasteiger partial charge in [0.15, 0.2) is 0 Å². The van der Waals surface area contributed by atoms with E-state index >= 15 is 0 Å². The summed E-state index contributed by atoms with van der Waals surface area (Å²) in [4.78, 5) is 22.5. The van der Waals surface area contributed by atoms with E-state index in [9.17, 15) is 9.59 Å². The fourth-order valence-electron chi connectivity index (χ4n) is 1.25. The molecular weight excluding hydrogens is 232 g/mol. The molecule has 0 aliphatic rings. The first-order valence-electron chi connectivity index (χ1n) is 5.38. The first-order valence-corrected chi connectivity index (χ1v) is 5.38. The van der Waals surface area contributed by atoms with Crippen molar-refractivity contribution in [2.24, 2.45) is 5.41 Å². The van der Waals surface area contributed by atoms with Crippen LogP contribution in [0.4, 0.5) is 0 Å². The number of nitrogens with zero attached hydrogens (tertiary/aromatic N) is 1. The Kier molecular flexibility index (Phi) is 4.05. The van der Waals surface area contributed by atoms with Crippen molar-refractivity contribution in [3.8, 4) is 6.07 Å². The van der Waals surface area contributed by atoms with Crippen molar-refractivity contribution < 1.29 is 14.7 Å². The molecule has 18 heavy (non-hydrogen) atoms. The van der Waals surface area contributed by atoms with Crippen molar-refractivity contribution in [1.82, 2.24) is 5.32 Å². The Hall–Kier alpha value is -2.35. The second-order valence-corrected chi connectivity index (χ2v) is 4.43. The van der Waals surface area contributed by atoms with E-state index in [0.717, 1.165) is 5.56 Å². The van der Waals surface area contributed by atoms with Crippen LogP contribution in [-0.4, -0.2) is 17.0 Å². The summed E-state index contributed by atoms with van der Waals surface area (Å²) in [6.07, 6.45) is 0. The normalized spacial score (nSPS) is 10.5. The van der Waals surface area contributed by atoms with E-state index in [0.29, 0.717) is 5.56 Å². The first kappa shape index (κ1) is 13.7. The molecule has 0 atom stereocenters. The number of benzene rings is 1. The predicted molar refractivity (Wildman–Crippen MR) is 64.4 cm³/mol. The number of nitriles is 1. The summed E-state index contributed by atoms with van der Waals surface area (Å²) < 4.78 is 0. The molecule has 0 radical (unpaired) electrons. The van der Waals surface area contributed by atoms with E-state index in [-0.39, 0.29) is 6.54 Å². The molecule has 1 aromatic carbocycles. The fourth-order valence-corrected chi connectivity index (χ4v) is 1.25. The molecule has 0 bridgehead atoms. The van der Waals surface area contributed by atoms with Gasteiger partial charge in [-0.05, 0) is 31.5 Å². The lowest BCUT2D eigenvalue weighted by Crippen LogP contribution is -2.41. The molecule has 2 N–H and O–H groups in total. The predicted octanol–water partition coefficient (Wildman–Crippen LogP) is 1.29. The SMILES string of the molecule is CC(C)(C(=O)O)C(=O)NCc1cccc(C#N)c1. The standard InChI is InChI=1S/C13H14N2O3/c1-13(2,12(17)18)11(16)15-8-10-5-3-4-9(6-10)7-14/h3-6H,8H2,1-2H3,(H,15,16)(H,17,18). The topological polar surface area (TPSA) is 90.2 Å². The smallest absolute Gasteiger partial charge is 0.318 e. The van der Waals surface area contributed by atoms with Crippen LogP contribution < -0.4 is 5.32 Å². The lowest BCUT2D eigenvalue weighted by Gasteiger charge is -2.18. The summed E-state index contributed by atoms with van der Waals surface area (Å²) in [5.41, 5.74) is -0.213. The molecule has 0 saturated carbocycles. The number of hydrogen-bond acceptors (Lipinski definition) is 3. The molecule has 0 aromatic heterocycles. The summed E-state index contributed by atoms with van der Waals surface area (Å²) in [6, 6.07) is 8.77. The van der Waals surface area contributed by atoms with Gasteiger partial charge in [0.25, 0.3) is 0 Å². The Morgan fingerprint density at radius 3 is 2.67 bits per heavy atom. The minimum Gasteiger partial charge on any atom is -0.480 e. The van der Waals surface area contributed by atoms with Crippen molar-refractivity contribution in [3.05, 3.63) is 35.4 Å². The minimum atomic E-state index is -1.47. The van der Waals surface area contributed by atoms with Gasteiger partial charge in [0.1, 0.15) is 5.41 Å². The van der Waals surface area contributed by atoms with Gasteiger partial charge in [-0.2, -0.15) is 5.26 Å². The molecule has 1 aromatic rings. The Bertz CT molecular complexity index is 515. The molecule has 0 aliphatic heterocycles. The Morgan fingerprint density at radius 1 is 1.44 bits per heavy atom. The molecular formula is C13H14N2O3. The van der Waals surface area contributed by atoms with E-state index in [1.807, 2.05) is 6.07 Å². The van der Waals surface area contributed by atoms with Crippen LogP contribution >= 0.6 is 0 Å². The summed E-state index contributed by atoms with van der Waals surface area (Å²) in [5.74, 6) is -1.73. The maximum Gasteiger partial charge on any atom is 0.318 e. The molecule has 0 fully saturated rings. The summed E-state index contributed by atoms with van der Waals surface area (Å²) >= 11 is 0. The van der Waals surface area contributed by atoms with Crippen molar-refractivity contribution in [2.45, 2.75) is 20.4 Å². The third-order valence-corrected chi connectivity index (χ3v) is 2.61. The molecule has 1 rings (SSSR count). The van der Waals surface area contributed by atoms with Gasteiger partial charge in [0, 0.05) is 6.54 Å². The Balaban J connectivity index is 2.69.